The summed E-state index contributed by atoms with van der Waals surface area (Å²) in [7, 11) is 0. The summed E-state index contributed by atoms with van der Waals surface area (Å²) in [5, 5.41) is 3.23. The molecule has 0 saturated heterocycles. The fourth-order valence-electron chi connectivity index (χ4n) is 2.94. The Morgan fingerprint density at radius 2 is 1.68 bits per heavy atom. The first-order valence-corrected chi connectivity index (χ1v) is 8.46. The van der Waals surface area contributed by atoms with E-state index in [4.69, 9.17) is 0 Å². The second-order valence-electron chi connectivity index (χ2n) is 5.51. The van der Waals surface area contributed by atoms with Crippen molar-refractivity contribution < 1.29 is 13.2 Å². The van der Waals surface area contributed by atoms with Crippen LogP contribution in [0, 0.1) is 5.92 Å². The molecule has 2 atom stereocenters. The third-order valence-electron chi connectivity index (χ3n) is 4.59. The number of rotatable bonds is 6. The summed E-state index contributed by atoms with van der Waals surface area (Å²) in [4.78, 5) is 0. The Morgan fingerprint density at radius 3 is 2.16 bits per heavy atom. The van der Waals surface area contributed by atoms with Gasteiger partial charge in [-0.1, -0.05) is 26.7 Å². The maximum Gasteiger partial charge on any atom is 0.393 e. The van der Waals surface area contributed by atoms with Crippen molar-refractivity contribution in [3.05, 3.63) is 0 Å². The Bertz CT molecular complexity index is 256. The lowest BCUT2D eigenvalue weighted by Gasteiger charge is -2.37. The molecule has 1 aliphatic rings. The predicted molar refractivity (Wildman–Crippen MR) is 76.6 cm³/mol. The van der Waals surface area contributed by atoms with Gasteiger partial charge in [0.1, 0.15) is 0 Å². The molecule has 1 nitrogen and oxygen atoms in total. The maximum absolute atomic E-state index is 13.0. The first-order valence-electron chi connectivity index (χ1n) is 7.23. The van der Waals surface area contributed by atoms with Crippen LogP contribution in [-0.2, 0) is 0 Å². The zero-order valence-electron chi connectivity index (χ0n) is 12.1. The summed E-state index contributed by atoms with van der Waals surface area (Å²) < 4.78 is 39.1. The molecule has 19 heavy (non-hydrogen) atoms. The fourth-order valence-corrected chi connectivity index (χ4v) is 3.75. The maximum atomic E-state index is 13.0. The number of thioether (sulfide) groups is 1. The van der Waals surface area contributed by atoms with Gasteiger partial charge in [-0.3, -0.25) is 0 Å². The molecule has 1 N–H and O–H groups in total. The van der Waals surface area contributed by atoms with E-state index in [-0.39, 0.29) is 11.2 Å². The first-order chi connectivity index (χ1) is 8.88. The normalized spacial score (nSPS) is 25.6. The third-order valence-corrected chi connectivity index (χ3v) is 6.18. The largest absolute Gasteiger partial charge is 0.393 e. The van der Waals surface area contributed by atoms with E-state index in [1.807, 2.05) is 0 Å². The third kappa shape index (κ3) is 4.55. The standard InChI is InChI=1S/C14H26F3NS/c1-4-13(5-2,19-3)10-18-12-9-7-6-8-11(12)14(15,16)17/h11-12,18H,4-10H2,1-3H3. The van der Waals surface area contributed by atoms with E-state index < -0.39 is 18.1 Å². The predicted octanol–water partition coefficient (Wildman–Crippen LogP) is 4.62. The number of nitrogens with one attached hydrogen (secondary N) is 1. The Hall–Kier alpha value is 0.100. The van der Waals surface area contributed by atoms with Crippen molar-refractivity contribution in [2.45, 2.75) is 69.3 Å². The molecule has 0 bridgehead atoms. The lowest BCUT2D eigenvalue weighted by Crippen LogP contribution is -2.49. The lowest BCUT2D eigenvalue weighted by atomic mass is 9.83. The number of halogens is 3. The van der Waals surface area contributed by atoms with Crippen LogP contribution in [0.4, 0.5) is 13.2 Å². The van der Waals surface area contributed by atoms with Gasteiger partial charge < -0.3 is 5.32 Å². The van der Waals surface area contributed by atoms with Gasteiger partial charge in [-0.2, -0.15) is 24.9 Å². The summed E-state index contributed by atoms with van der Waals surface area (Å²) in [5.74, 6) is -1.16. The molecule has 1 saturated carbocycles. The van der Waals surface area contributed by atoms with Gasteiger partial charge in [0.2, 0.25) is 0 Å². The highest BCUT2D eigenvalue weighted by molar-refractivity contribution is 8.00. The van der Waals surface area contributed by atoms with Crippen LogP contribution in [0.25, 0.3) is 0 Å². The van der Waals surface area contributed by atoms with E-state index in [1.54, 1.807) is 11.8 Å². The lowest BCUT2D eigenvalue weighted by molar-refractivity contribution is -0.189. The molecule has 5 heteroatoms. The van der Waals surface area contributed by atoms with E-state index >= 15 is 0 Å². The van der Waals surface area contributed by atoms with E-state index in [0.717, 1.165) is 19.3 Å². The minimum atomic E-state index is -4.06. The molecule has 1 rings (SSSR count). The van der Waals surface area contributed by atoms with Crippen molar-refractivity contribution in [2.24, 2.45) is 5.92 Å². The van der Waals surface area contributed by atoms with Crippen molar-refractivity contribution in [1.29, 1.82) is 0 Å². The van der Waals surface area contributed by atoms with Crippen LogP contribution >= 0.6 is 11.8 Å². The van der Waals surface area contributed by atoms with Crippen LogP contribution in [0.3, 0.4) is 0 Å². The summed E-state index contributed by atoms with van der Waals surface area (Å²) in [6.07, 6.45) is 2.53. The highest BCUT2D eigenvalue weighted by Gasteiger charge is 2.45. The Balaban J connectivity index is 2.63. The molecule has 0 spiro atoms. The van der Waals surface area contributed by atoms with Crippen molar-refractivity contribution >= 4 is 11.8 Å². The van der Waals surface area contributed by atoms with E-state index in [0.29, 0.717) is 19.4 Å². The molecule has 0 heterocycles. The van der Waals surface area contributed by atoms with Crippen molar-refractivity contribution in [1.82, 2.24) is 5.32 Å². The number of alkyl halides is 3. The second-order valence-corrected chi connectivity index (χ2v) is 6.79. The van der Waals surface area contributed by atoms with Crippen LogP contribution in [0.15, 0.2) is 0 Å². The average Bonchev–Trinajstić information content (AvgIpc) is 2.40. The van der Waals surface area contributed by atoms with Gasteiger partial charge in [-0.25, -0.2) is 0 Å². The van der Waals surface area contributed by atoms with E-state index in [9.17, 15) is 13.2 Å². The zero-order valence-corrected chi connectivity index (χ0v) is 13.0. The number of hydrogen-bond donors (Lipinski definition) is 1. The Kier molecular flexibility index (Phi) is 6.51. The minimum absolute atomic E-state index is 0.0770. The molecule has 2 unspecified atom stereocenters. The van der Waals surface area contributed by atoms with E-state index in [2.05, 4.69) is 25.4 Å². The van der Waals surface area contributed by atoms with Gasteiger partial charge in [0.25, 0.3) is 0 Å². The number of hydrogen-bond acceptors (Lipinski definition) is 2. The van der Waals surface area contributed by atoms with Crippen LogP contribution in [-0.4, -0.2) is 29.8 Å². The zero-order chi connectivity index (χ0) is 14.5. The van der Waals surface area contributed by atoms with Gasteiger partial charge in [0, 0.05) is 17.3 Å². The topological polar surface area (TPSA) is 12.0 Å². The summed E-state index contributed by atoms with van der Waals surface area (Å²) in [6.45, 7) is 4.91. The highest BCUT2D eigenvalue weighted by Crippen LogP contribution is 2.38. The van der Waals surface area contributed by atoms with Crippen LogP contribution < -0.4 is 5.32 Å². The van der Waals surface area contributed by atoms with Gasteiger partial charge in [-0.15, -0.1) is 0 Å². The average molecular weight is 297 g/mol. The molecular weight excluding hydrogens is 271 g/mol. The quantitative estimate of drug-likeness (QED) is 0.768. The summed E-state index contributed by atoms with van der Waals surface area (Å²) in [6, 6.07) is -0.390. The van der Waals surface area contributed by atoms with Crippen LogP contribution in [0.5, 0.6) is 0 Å². The molecule has 0 radical (unpaired) electrons. The summed E-state index contributed by atoms with van der Waals surface area (Å²) in [5.41, 5.74) is 0. The van der Waals surface area contributed by atoms with Crippen molar-refractivity contribution in [3.8, 4) is 0 Å². The van der Waals surface area contributed by atoms with Gasteiger partial charge in [0.15, 0.2) is 0 Å². The molecule has 1 aliphatic carbocycles. The molecule has 114 valence electrons. The van der Waals surface area contributed by atoms with E-state index in [1.165, 1.54) is 0 Å². The van der Waals surface area contributed by atoms with Crippen molar-refractivity contribution in [3.63, 3.8) is 0 Å². The molecule has 0 aromatic rings. The summed E-state index contributed by atoms with van der Waals surface area (Å²) >= 11 is 1.77. The Morgan fingerprint density at radius 1 is 1.11 bits per heavy atom. The SMILES string of the molecule is CCC(CC)(CNC1CCCCC1C(F)(F)F)SC. The molecular formula is C14H26F3NS. The molecule has 0 aliphatic heterocycles. The second kappa shape index (κ2) is 7.21. The molecule has 0 amide bonds. The van der Waals surface area contributed by atoms with Gasteiger partial charge >= 0.3 is 6.18 Å². The van der Waals surface area contributed by atoms with Crippen LogP contribution in [0.1, 0.15) is 52.4 Å². The minimum Gasteiger partial charge on any atom is -0.312 e. The van der Waals surface area contributed by atoms with Gasteiger partial charge in [-0.05, 0) is 31.9 Å². The molecule has 1 fully saturated rings. The first kappa shape index (κ1) is 17.2. The monoisotopic (exact) mass is 297 g/mol. The highest BCUT2D eigenvalue weighted by atomic mass is 32.2. The Labute approximate surface area is 119 Å². The molecule has 0 aromatic carbocycles. The molecule has 0 aromatic heterocycles. The smallest absolute Gasteiger partial charge is 0.312 e. The van der Waals surface area contributed by atoms with Crippen LogP contribution in [0.2, 0.25) is 0 Å². The fraction of sp³-hybridized carbons (Fsp3) is 1.00. The van der Waals surface area contributed by atoms with Gasteiger partial charge in [0.05, 0.1) is 5.92 Å². The van der Waals surface area contributed by atoms with Crippen molar-refractivity contribution in [2.75, 3.05) is 12.8 Å².